The van der Waals surface area contributed by atoms with Crippen LogP contribution < -0.4 is 0 Å². The van der Waals surface area contributed by atoms with Gasteiger partial charge in [-0.15, -0.1) is 0 Å². The predicted octanol–water partition coefficient (Wildman–Crippen LogP) is 4.41. The third-order valence-corrected chi connectivity index (χ3v) is 7.85. The summed E-state index contributed by atoms with van der Waals surface area (Å²) in [7, 11) is -4.03. The zero-order chi connectivity index (χ0) is 22.3. The molecule has 0 saturated heterocycles. The maximum Gasteiger partial charge on any atom is 0.345 e. The van der Waals surface area contributed by atoms with Crippen molar-refractivity contribution in [3.63, 3.8) is 0 Å². The lowest BCUT2D eigenvalue weighted by molar-refractivity contribution is -0.146. The third kappa shape index (κ3) is 5.50. The Morgan fingerprint density at radius 3 is 1.90 bits per heavy atom. The number of halogens is 2. The summed E-state index contributed by atoms with van der Waals surface area (Å²) in [6.45, 7) is 3.14. The van der Waals surface area contributed by atoms with Crippen molar-refractivity contribution in [1.29, 1.82) is 0 Å². The van der Waals surface area contributed by atoms with Gasteiger partial charge in [0.1, 0.15) is 4.16 Å². The number of rotatable bonds is 8. The second-order valence-electron chi connectivity index (χ2n) is 5.91. The topological polar surface area (TPSA) is 86.7 Å². The zero-order valence-electron chi connectivity index (χ0n) is 16.3. The largest absolute Gasteiger partial charge is 0.462 e. The quantitative estimate of drug-likeness (QED) is 0.170. The Hall–Kier alpha value is -2.16. The minimum absolute atomic E-state index is 0.00593. The number of sulfone groups is 1. The first kappa shape index (κ1) is 24.1. The first-order valence-electron chi connectivity index (χ1n) is 9.01. The second kappa shape index (κ2) is 10.7. The average Bonchev–Trinajstić information content (AvgIpc) is 2.73. The minimum Gasteiger partial charge on any atom is -0.462 e. The number of hydrogen-bond acceptors (Lipinski definition) is 6. The monoisotopic (exact) mass is 514 g/mol. The molecule has 30 heavy (non-hydrogen) atoms. The highest BCUT2D eigenvalue weighted by Crippen LogP contribution is 2.36. The number of hydrogen-bond donors (Lipinski definition) is 0. The molecule has 160 valence electrons. The molecule has 2 aromatic carbocycles. The Balaban J connectivity index is 2.80. The van der Waals surface area contributed by atoms with Gasteiger partial charge in [-0.1, -0.05) is 57.9 Å². The van der Waals surface area contributed by atoms with Gasteiger partial charge in [-0.2, -0.15) is 0 Å². The summed E-state index contributed by atoms with van der Waals surface area (Å²) in [6.07, 6.45) is 0. The predicted molar refractivity (Wildman–Crippen MR) is 118 cm³/mol. The molecule has 0 saturated carbocycles. The maximum absolute atomic E-state index is 13.3. The summed E-state index contributed by atoms with van der Waals surface area (Å²) in [4.78, 5) is 25.4. The van der Waals surface area contributed by atoms with Gasteiger partial charge in [-0.3, -0.25) is 0 Å². The summed E-state index contributed by atoms with van der Waals surface area (Å²) >= 11 is 9.16. The van der Waals surface area contributed by atoms with Crippen molar-refractivity contribution in [3.8, 4) is 0 Å². The van der Waals surface area contributed by atoms with Crippen LogP contribution in [0, 0.1) is 0 Å². The number of alkyl halides is 1. The van der Waals surface area contributed by atoms with Gasteiger partial charge in [-0.25, -0.2) is 18.0 Å². The van der Waals surface area contributed by atoms with E-state index in [-0.39, 0.29) is 23.7 Å². The van der Waals surface area contributed by atoms with E-state index >= 15 is 0 Å². The Morgan fingerprint density at radius 2 is 1.43 bits per heavy atom. The van der Waals surface area contributed by atoms with Crippen molar-refractivity contribution in [1.82, 2.24) is 0 Å². The molecule has 0 amide bonds. The lowest BCUT2D eigenvalue weighted by atomic mass is 10.0. The Morgan fingerprint density at radius 1 is 0.933 bits per heavy atom. The zero-order valence-corrected chi connectivity index (χ0v) is 19.5. The van der Waals surface area contributed by atoms with E-state index < -0.39 is 31.5 Å². The van der Waals surface area contributed by atoms with Crippen molar-refractivity contribution < 1.29 is 27.5 Å². The fraction of sp³-hybridized carbons (Fsp3) is 0.238. The summed E-state index contributed by atoms with van der Waals surface area (Å²) in [5.74, 6) is -1.96. The number of ether oxygens (including phenoxy) is 2. The molecule has 0 aliphatic heterocycles. The molecule has 0 bridgehead atoms. The molecular formula is C21H20BrClO6S. The van der Waals surface area contributed by atoms with E-state index in [1.54, 1.807) is 32.0 Å². The van der Waals surface area contributed by atoms with Gasteiger partial charge in [0.25, 0.3) is 0 Å². The van der Waals surface area contributed by atoms with Crippen LogP contribution >= 0.6 is 27.5 Å². The molecule has 9 heteroatoms. The van der Waals surface area contributed by atoms with Crippen LogP contribution in [0.5, 0.6) is 0 Å². The van der Waals surface area contributed by atoms with Crippen LogP contribution in [-0.2, 0) is 28.9 Å². The molecule has 0 aliphatic carbocycles. The highest BCUT2D eigenvalue weighted by molar-refractivity contribution is 9.11. The lowest BCUT2D eigenvalue weighted by Crippen LogP contribution is -2.26. The molecule has 1 unspecified atom stereocenters. The van der Waals surface area contributed by atoms with E-state index in [2.05, 4.69) is 15.9 Å². The molecule has 2 aromatic rings. The lowest BCUT2D eigenvalue weighted by Gasteiger charge is -2.19. The van der Waals surface area contributed by atoms with E-state index in [1.165, 1.54) is 36.4 Å². The Bertz CT molecular complexity index is 1010. The van der Waals surface area contributed by atoms with E-state index in [9.17, 15) is 18.0 Å². The van der Waals surface area contributed by atoms with Crippen molar-refractivity contribution in [2.24, 2.45) is 0 Å². The van der Waals surface area contributed by atoms with Gasteiger partial charge in [-0.05, 0) is 43.7 Å². The highest BCUT2D eigenvalue weighted by atomic mass is 79.9. The second-order valence-corrected chi connectivity index (χ2v) is 9.90. The molecule has 0 aliphatic rings. The van der Waals surface area contributed by atoms with Crippen LogP contribution in [0.15, 0.2) is 65.1 Å². The smallest absolute Gasteiger partial charge is 0.345 e. The van der Waals surface area contributed by atoms with Crippen LogP contribution in [0.3, 0.4) is 0 Å². The van der Waals surface area contributed by atoms with Crippen LogP contribution in [0.2, 0.25) is 5.02 Å². The molecule has 0 heterocycles. The van der Waals surface area contributed by atoms with Crippen molar-refractivity contribution in [2.45, 2.75) is 22.9 Å². The normalized spacial score (nSPS) is 12.0. The van der Waals surface area contributed by atoms with Gasteiger partial charge >= 0.3 is 11.9 Å². The first-order chi connectivity index (χ1) is 14.2. The number of benzene rings is 2. The van der Waals surface area contributed by atoms with E-state index in [4.69, 9.17) is 21.1 Å². The number of carbonyl (C=O) groups excluding carboxylic acids is 2. The van der Waals surface area contributed by atoms with E-state index in [1.807, 2.05) is 0 Å². The molecule has 0 N–H and O–H groups in total. The molecule has 0 fully saturated rings. The van der Waals surface area contributed by atoms with Crippen molar-refractivity contribution >= 4 is 54.9 Å². The molecule has 0 radical (unpaired) electrons. The van der Waals surface area contributed by atoms with Crippen molar-refractivity contribution in [2.75, 3.05) is 13.2 Å². The van der Waals surface area contributed by atoms with Crippen LogP contribution in [0.25, 0.3) is 5.57 Å². The van der Waals surface area contributed by atoms with Gasteiger partial charge in [0, 0.05) is 10.6 Å². The van der Waals surface area contributed by atoms with E-state index in [0.717, 1.165) is 0 Å². The summed E-state index contributed by atoms with van der Waals surface area (Å²) in [6, 6.07) is 13.8. The van der Waals surface area contributed by atoms with Crippen LogP contribution in [-0.4, -0.2) is 37.7 Å². The third-order valence-electron chi connectivity index (χ3n) is 3.95. The highest BCUT2D eigenvalue weighted by Gasteiger charge is 2.36. The van der Waals surface area contributed by atoms with Gasteiger partial charge < -0.3 is 9.47 Å². The summed E-state index contributed by atoms with van der Waals surface area (Å²) < 4.78 is 35.2. The van der Waals surface area contributed by atoms with Crippen LogP contribution in [0.1, 0.15) is 19.4 Å². The number of carbonyl (C=O) groups is 2. The average molecular weight is 516 g/mol. The molecular weight excluding hydrogens is 496 g/mol. The molecule has 0 spiro atoms. The van der Waals surface area contributed by atoms with Gasteiger partial charge in [0.15, 0.2) is 15.4 Å². The summed E-state index contributed by atoms with van der Waals surface area (Å²) in [5.41, 5.74) is -0.285. The van der Waals surface area contributed by atoms with Crippen LogP contribution in [0.4, 0.5) is 0 Å². The van der Waals surface area contributed by atoms with E-state index in [0.29, 0.717) is 10.6 Å². The SMILES string of the molecule is CCOC(=O)C(C(=O)OCC)=C(c1ccc(Cl)cc1)C(Br)S(=O)(=O)c1ccccc1. The molecule has 0 aromatic heterocycles. The first-order valence-corrected chi connectivity index (χ1v) is 11.8. The minimum atomic E-state index is -4.03. The van der Waals surface area contributed by atoms with Gasteiger partial charge in [0.2, 0.25) is 0 Å². The maximum atomic E-state index is 13.3. The fourth-order valence-electron chi connectivity index (χ4n) is 2.61. The molecule has 1 atom stereocenters. The molecule has 6 nitrogen and oxygen atoms in total. The standard InChI is InChI=1S/C21H20BrClO6S/c1-3-28-20(24)18(21(25)29-4-2)17(14-10-12-15(23)13-11-14)19(22)30(26,27)16-8-6-5-7-9-16/h5-13,19H,3-4H2,1-2H3. The Kier molecular flexibility index (Phi) is 8.64. The van der Waals surface area contributed by atoms with Crippen molar-refractivity contribution in [3.05, 3.63) is 70.8 Å². The number of esters is 2. The fourth-order valence-corrected chi connectivity index (χ4v) is 5.22. The Labute approximate surface area is 188 Å². The molecule has 2 rings (SSSR count). The van der Waals surface area contributed by atoms with Gasteiger partial charge in [0.05, 0.1) is 18.1 Å². The summed E-state index contributed by atoms with van der Waals surface area (Å²) in [5, 5.41) is 0.406.